The zero-order valence-corrected chi connectivity index (χ0v) is 24.6. The van der Waals surface area contributed by atoms with Crippen LogP contribution in [-0.2, 0) is 17.8 Å². The van der Waals surface area contributed by atoms with Gasteiger partial charge in [0.2, 0.25) is 5.95 Å². The number of nitrogens with zero attached hydrogens (tertiary/aromatic N) is 5. The predicted octanol–water partition coefficient (Wildman–Crippen LogP) is 4.21. The normalized spacial score (nSPS) is 14.0. The second-order valence-corrected chi connectivity index (χ2v) is 11.1. The number of rotatable bonds is 12. The fourth-order valence-electron chi connectivity index (χ4n) is 5.57. The molecule has 9 nitrogen and oxygen atoms in total. The van der Waals surface area contributed by atoms with Crippen LogP contribution in [0.1, 0.15) is 34.5 Å². The molecule has 0 bridgehead atoms. The Morgan fingerprint density at radius 2 is 1.78 bits per heavy atom. The number of fused-ring (bicyclic) bond motifs is 1. The van der Waals surface area contributed by atoms with Crippen molar-refractivity contribution >= 4 is 22.7 Å². The molecule has 9 heteroatoms. The molecule has 0 unspecified atom stereocenters. The number of anilines is 2. The smallest absolute Gasteiger partial charge is 0.204 e. The Balaban J connectivity index is 1.42. The third-order valence-corrected chi connectivity index (χ3v) is 7.59. The lowest BCUT2D eigenvalue weighted by atomic mass is 10.1. The van der Waals surface area contributed by atoms with Crippen LogP contribution in [0.4, 0.5) is 11.6 Å². The van der Waals surface area contributed by atoms with E-state index in [1.807, 2.05) is 13.0 Å². The zero-order chi connectivity index (χ0) is 28.8. The van der Waals surface area contributed by atoms with Crippen molar-refractivity contribution in [2.45, 2.75) is 40.3 Å². The van der Waals surface area contributed by atoms with E-state index in [4.69, 9.17) is 15.5 Å². The molecule has 1 fully saturated rings. The third kappa shape index (κ3) is 7.35. The lowest BCUT2D eigenvalue weighted by Crippen LogP contribution is -2.37. The van der Waals surface area contributed by atoms with Crippen LogP contribution in [0.3, 0.4) is 0 Å². The summed E-state index contributed by atoms with van der Waals surface area (Å²) >= 11 is 0. The number of aromatic hydroxyl groups is 1. The molecule has 1 aliphatic rings. The number of ether oxygens (including phenoxy) is 1. The fourth-order valence-corrected chi connectivity index (χ4v) is 5.57. The van der Waals surface area contributed by atoms with Crippen LogP contribution in [-0.4, -0.2) is 77.0 Å². The Bertz CT molecular complexity index is 1440. The van der Waals surface area contributed by atoms with E-state index < -0.39 is 0 Å². The highest BCUT2D eigenvalue weighted by Gasteiger charge is 2.16. The van der Waals surface area contributed by atoms with Gasteiger partial charge in [0.25, 0.3) is 0 Å². The number of aryl methyl sites for hydroxylation is 3. The molecule has 4 N–H and O–H groups in total. The van der Waals surface area contributed by atoms with E-state index in [2.05, 4.69) is 74.9 Å². The van der Waals surface area contributed by atoms with Gasteiger partial charge in [-0.1, -0.05) is 12.1 Å². The quantitative estimate of drug-likeness (QED) is 0.223. The standard InChI is InChI=1S/C32H43N7O2/c1-23-17-24(2)19-27(18-23)38(12-9-33)21-26-6-7-28-30(20-26)39(22-29-31(40)8-5-25(3)35-29)32(36-28)34-10-4-11-37-13-15-41-16-14-37/h5-8,17-20,40H,4,9-16,21-22,33H2,1-3H3,(H,34,36). The summed E-state index contributed by atoms with van der Waals surface area (Å²) in [5.74, 6) is 0.978. The van der Waals surface area contributed by atoms with Crippen molar-refractivity contribution in [3.63, 3.8) is 0 Å². The van der Waals surface area contributed by atoms with Gasteiger partial charge < -0.3 is 30.4 Å². The predicted molar refractivity (Wildman–Crippen MR) is 166 cm³/mol. The maximum absolute atomic E-state index is 10.6. The van der Waals surface area contributed by atoms with Gasteiger partial charge in [0.15, 0.2) is 0 Å². The van der Waals surface area contributed by atoms with Gasteiger partial charge in [0, 0.05) is 50.6 Å². The number of morpholine rings is 1. The first-order valence-electron chi connectivity index (χ1n) is 14.6. The molecule has 0 spiro atoms. The Kier molecular flexibility index (Phi) is 9.38. The van der Waals surface area contributed by atoms with E-state index in [1.165, 1.54) is 22.4 Å². The number of nitrogens with two attached hydrogens (primary N) is 1. The molecule has 4 aromatic rings. The largest absolute Gasteiger partial charge is 0.506 e. The summed E-state index contributed by atoms with van der Waals surface area (Å²) in [6, 6.07) is 16.6. The van der Waals surface area contributed by atoms with Crippen LogP contribution in [0.2, 0.25) is 0 Å². The lowest BCUT2D eigenvalue weighted by molar-refractivity contribution is 0.0378. The van der Waals surface area contributed by atoms with Gasteiger partial charge >= 0.3 is 0 Å². The maximum atomic E-state index is 10.6. The van der Waals surface area contributed by atoms with Crippen LogP contribution >= 0.6 is 0 Å². The number of nitrogens with one attached hydrogen (secondary N) is 1. The SMILES string of the molecule is Cc1cc(C)cc(N(CCN)Cc2ccc3nc(NCCCN4CCOCC4)n(Cc4nc(C)ccc4O)c3c2)c1. The van der Waals surface area contributed by atoms with Crippen molar-refractivity contribution < 1.29 is 9.84 Å². The van der Waals surface area contributed by atoms with E-state index in [-0.39, 0.29) is 5.75 Å². The average Bonchev–Trinajstić information content (AvgIpc) is 3.29. The molecular weight excluding hydrogens is 514 g/mol. The minimum absolute atomic E-state index is 0.191. The molecule has 0 saturated carbocycles. The number of aromatic nitrogens is 3. The highest BCUT2D eigenvalue weighted by atomic mass is 16.5. The zero-order valence-electron chi connectivity index (χ0n) is 24.6. The summed E-state index contributed by atoms with van der Waals surface area (Å²) in [4.78, 5) is 14.4. The minimum atomic E-state index is 0.191. The first-order valence-corrected chi connectivity index (χ1v) is 14.6. The van der Waals surface area contributed by atoms with E-state index >= 15 is 0 Å². The Morgan fingerprint density at radius 1 is 1.00 bits per heavy atom. The van der Waals surface area contributed by atoms with Crippen LogP contribution in [0.5, 0.6) is 5.75 Å². The molecular formula is C32H43N7O2. The molecule has 0 amide bonds. The molecule has 3 heterocycles. The highest BCUT2D eigenvalue weighted by Crippen LogP contribution is 2.27. The van der Waals surface area contributed by atoms with Crippen molar-refractivity contribution in [3.05, 3.63) is 76.6 Å². The molecule has 5 rings (SSSR count). The van der Waals surface area contributed by atoms with Gasteiger partial charge in [0.05, 0.1) is 30.8 Å². The molecule has 2 aromatic heterocycles. The van der Waals surface area contributed by atoms with E-state index in [0.717, 1.165) is 81.6 Å². The number of pyridine rings is 1. The topological polar surface area (TPSA) is 105 Å². The summed E-state index contributed by atoms with van der Waals surface area (Å²) in [5, 5.41) is 14.2. The Hall–Kier alpha value is -3.66. The Morgan fingerprint density at radius 3 is 2.54 bits per heavy atom. The molecule has 0 radical (unpaired) electrons. The number of benzene rings is 2. The maximum Gasteiger partial charge on any atom is 0.204 e. The summed E-state index contributed by atoms with van der Waals surface area (Å²) in [6.45, 7) is 14.1. The van der Waals surface area contributed by atoms with Crippen LogP contribution in [0.15, 0.2) is 48.5 Å². The number of hydrogen-bond acceptors (Lipinski definition) is 8. The summed E-state index contributed by atoms with van der Waals surface area (Å²) in [5.41, 5.74) is 14.3. The second-order valence-electron chi connectivity index (χ2n) is 11.1. The Labute approximate surface area is 243 Å². The van der Waals surface area contributed by atoms with E-state index in [1.54, 1.807) is 6.07 Å². The lowest BCUT2D eigenvalue weighted by Gasteiger charge is -2.26. The summed E-state index contributed by atoms with van der Waals surface area (Å²) in [7, 11) is 0. The van der Waals surface area contributed by atoms with Crippen molar-refractivity contribution in [3.8, 4) is 5.75 Å². The van der Waals surface area contributed by atoms with E-state index in [9.17, 15) is 5.11 Å². The first kappa shape index (κ1) is 28.9. The van der Waals surface area contributed by atoms with Gasteiger partial charge in [0.1, 0.15) is 11.4 Å². The summed E-state index contributed by atoms with van der Waals surface area (Å²) < 4.78 is 7.61. The molecule has 1 aliphatic heterocycles. The van der Waals surface area contributed by atoms with Crippen molar-refractivity contribution in [2.75, 3.05) is 62.7 Å². The molecule has 0 aliphatic carbocycles. The van der Waals surface area contributed by atoms with Crippen molar-refractivity contribution in [2.24, 2.45) is 5.73 Å². The van der Waals surface area contributed by atoms with Crippen LogP contribution < -0.4 is 16.0 Å². The second kappa shape index (κ2) is 13.3. The van der Waals surface area contributed by atoms with Crippen LogP contribution in [0, 0.1) is 20.8 Å². The monoisotopic (exact) mass is 557 g/mol. The highest BCUT2D eigenvalue weighted by molar-refractivity contribution is 5.80. The molecule has 218 valence electrons. The van der Waals surface area contributed by atoms with Gasteiger partial charge in [-0.3, -0.25) is 9.88 Å². The third-order valence-electron chi connectivity index (χ3n) is 7.59. The van der Waals surface area contributed by atoms with Crippen molar-refractivity contribution in [1.29, 1.82) is 0 Å². The first-order chi connectivity index (χ1) is 19.9. The summed E-state index contributed by atoms with van der Waals surface area (Å²) in [6.07, 6.45) is 1.01. The van der Waals surface area contributed by atoms with E-state index in [0.29, 0.717) is 18.8 Å². The number of hydrogen-bond donors (Lipinski definition) is 3. The van der Waals surface area contributed by atoms with Gasteiger partial charge in [-0.05, 0) is 86.8 Å². The number of imidazole rings is 1. The molecule has 1 saturated heterocycles. The fraction of sp³-hybridized carbons (Fsp3) is 0.438. The molecule has 2 aromatic carbocycles. The van der Waals surface area contributed by atoms with Crippen LogP contribution in [0.25, 0.3) is 11.0 Å². The van der Waals surface area contributed by atoms with Gasteiger partial charge in [-0.2, -0.15) is 0 Å². The minimum Gasteiger partial charge on any atom is -0.506 e. The van der Waals surface area contributed by atoms with Gasteiger partial charge in [-0.15, -0.1) is 0 Å². The molecule has 0 atom stereocenters. The average molecular weight is 558 g/mol. The molecule has 41 heavy (non-hydrogen) atoms. The van der Waals surface area contributed by atoms with Gasteiger partial charge in [-0.25, -0.2) is 4.98 Å². The van der Waals surface area contributed by atoms with Crippen molar-refractivity contribution in [1.82, 2.24) is 19.4 Å².